The predicted molar refractivity (Wildman–Crippen MR) is 126 cm³/mol. The number of nitrogens with one attached hydrogen (secondary N) is 4. The van der Waals surface area contributed by atoms with Crippen LogP contribution < -0.4 is 21.3 Å². The largest absolute Gasteiger partial charge is 0.356 e. The smallest absolute Gasteiger partial charge is 0.220 e. The van der Waals surface area contributed by atoms with Crippen LogP contribution in [0.25, 0.3) is 0 Å². The summed E-state index contributed by atoms with van der Waals surface area (Å²) in [5.41, 5.74) is 0. The summed E-state index contributed by atoms with van der Waals surface area (Å²) >= 11 is 0. The molecule has 0 aromatic heterocycles. The van der Waals surface area contributed by atoms with Crippen LogP contribution in [-0.2, 0) is 19.2 Å². The minimum absolute atomic E-state index is 0.0553. The predicted octanol–water partition coefficient (Wildman–Crippen LogP) is 2.71. The Labute approximate surface area is 193 Å². The molecule has 0 saturated carbocycles. The van der Waals surface area contributed by atoms with Gasteiger partial charge in [0.2, 0.25) is 23.6 Å². The van der Waals surface area contributed by atoms with Crippen molar-refractivity contribution in [1.29, 1.82) is 0 Å². The van der Waals surface area contributed by atoms with Crippen molar-refractivity contribution in [1.82, 2.24) is 21.3 Å². The molecule has 0 aromatic rings. The zero-order valence-corrected chi connectivity index (χ0v) is 19.8. The third-order valence-corrected chi connectivity index (χ3v) is 5.65. The molecule has 8 heteroatoms. The summed E-state index contributed by atoms with van der Waals surface area (Å²) < 4.78 is 0. The van der Waals surface area contributed by atoms with Gasteiger partial charge in [0.05, 0.1) is 0 Å². The van der Waals surface area contributed by atoms with Crippen LogP contribution >= 0.6 is 0 Å². The van der Waals surface area contributed by atoms with Crippen LogP contribution in [0.3, 0.4) is 0 Å². The molecule has 0 radical (unpaired) electrons. The van der Waals surface area contributed by atoms with Crippen LogP contribution in [0.2, 0.25) is 0 Å². The monoisotopic (exact) mass is 452 g/mol. The van der Waals surface area contributed by atoms with E-state index in [1.807, 2.05) is 0 Å². The Morgan fingerprint density at radius 3 is 0.719 bits per heavy atom. The Bertz CT molecular complexity index is 458. The Morgan fingerprint density at radius 2 is 0.500 bits per heavy atom. The van der Waals surface area contributed by atoms with Crippen molar-refractivity contribution in [2.75, 3.05) is 26.2 Å². The maximum Gasteiger partial charge on any atom is 0.220 e. The van der Waals surface area contributed by atoms with Crippen LogP contribution in [0.4, 0.5) is 0 Å². The van der Waals surface area contributed by atoms with Crippen LogP contribution in [0.1, 0.15) is 103 Å². The molecule has 1 rings (SSSR count). The van der Waals surface area contributed by atoms with E-state index in [9.17, 15) is 19.2 Å². The average Bonchev–Trinajstić information content (AvgIpc) is 2.78. The first-order chi connectivity index (χ1) is 15.6. The van der Waals surface area contributed by atoms with Crippen molar-refractivity contribution < 1.29 is 19.2 Å². The van der Waals surface area contributed by atoms with Crippen LogP contribution in [0.15, 0.2) is 0 Å². The van der Waals surface area contributed by atoms with Crippen LogP contribution in [-0.4, -0.2) is 49.8 Å². The Hall–Kier alpha value is -2.12. The van der Waals surface area contributed by atoms with Crippen molar-refractivity contribution >= 4 is 23.6 Å². The van der Waals surface area contributed by atoms with Crippen molar-refractivity contribution in [3.8, 4) is 0 Å². The van der Waals surface area contributed by atoms with E-state index in [0.29, 0.717) is 26.2 Å². The molecule has 0 bridgehead atoms. The normalized spacial score (nSPS) is 21.8. The summed E-state index contributed by atoms with van der Waals surface area (Å²) in [6.45, 7) is 2.63. The maximum atomic E-state index is 11.8. The van der Waals surface area contributed by atoms with E-state index in [2.05, 4.69) is 21.3 Å². The van der Waals surface area contributed by atoms with E-state index in [0.717, 1.165) is 77.0 Å². The number of hydrogen-bond donors (Lipinski definition) is 4. The Balaban J connectivity index is 2.26. The summed E-state index contributed by atoms with van der Waals surface area (Å²) in [6, 6.07) is 0. The standard InChI is InChI=1S/C24H44N4O4/c29-21-13-14-23(31)27-19-11-7-3-4-8-12-20-28-24(32)16-15-22(30)26-18-10-6-2-1-5-9-17-25-21/h1-20H2,(H,25,29)(H,26,30)(H,27,31)(H,28,32). The first-order valence-electron chi connectivity index (χ1n) is 12.6. The van der Waals surface area contributed by atoms with E-state index in [-0.39, 0.29) is 49.3 Å². The van der Waals surface area contributed by atoms with Crippen molar-refractivity contribution in [2.24, 2.45) is 0 Å². The molecule has 1 saturated heterocycles. The second-order valence-corrected chi connectivity index (χ2v) is 8.64. The summed E-state index contributed by atoms with van der Waals surface area (Å²) in [5.74, 6) is -0.221. The molecule has 0 aliphatic carbocycles. The first kappa shape index (κ1) is 27.9. The van der Waals surface area contributed by atoms with Crippen LogP contribution in [0, 0.1) is 0 Å². The molecule has 0 aromatic carbocycles. The fraction of sp³-hybridized carbons (Fsp3) is 0.833. The zero-order chi connectivity index (χ0) is 23.3. The summed E-state index contributed by atoms with van der Waals surface area (Å²) in [4.78, 5) is 47.3. The molecule has 0 atom stereocenters. The molecule has 184 valence electrons. The zero-order valence-electron chi connectivity index (χ0n) is 19.8. The average molecular weight is 453 g/mol. The van der Waals surface area contributed by atoms with Gasteiger partial charge in [-0.15, -0.1) is 0 Å². The second-order valence-electron chi connectivity index (χ2n) is 8.64. The number of carbonyl (C=O) groups is 4. The second kappa shape index (κ2) is 19.6. The molecule has 1 heterocycles. The SMILES string of the molecule is O=C1CCC(=O)NCCCCCCCCNC(=O)CCC(=O)NCCCCCCCCN1. The van der Waals surface area contributed by atoms with Crippen molar-refractivity contribution in [2.45, 2.75) is 103 Å². The molecule has 32 heavy (non-hydrogen) atoms. The minimum Gasteiger partial charge on any atom is -0.356 e. The lowest BCUT2D eigenvalue weighted by Gasteiger charge is -2.08. The van der Waals surface area contributed by atoms with Gasteiger partial charge in [-0.1, -0.05) is 51.4 Å². The van der Waals surface area contributed by atoms with Gasteiger partial charge < -0.3 is 21.3 Å². The van der Waals surface area contributed by atoms with E-state index in [1.165, 1.54) is 0 Å². The van der Waals surface area contributed by atoms with Crippen molar-refractivity contribution in [3.05, 3.63) is 0 Å². The number of carbonyl (C=O) groups excluding carboxylic acids is 4. The third kappa shape index (κ3) is 17.5. The molecule has 0 spiro atoms. The van der Waals surface area contributed by atoms with Gasteiger partial charge in [-0.3, -0.25) is 19.2 Å². The molecule has 4 N–H and O–H groups in total. The quantitative estimate of drug-likeness (QED) is 0.452. The fourth-order valence-corrected chi connectivity index (χ4v) is 3.63. The Kier molecular flexibility index (Phi) is 17.1. The lowest BCUT2D eigenvalue weighted by atomic mass is 10.1. The van der Waals surface area contributed by atoms with E-state index < -0.39 is 0 Å². The van der Waals surface area contributed by atoms with Gasteiger partial charge in [0.1, 0.15) is 0 Å². The van der Waals surface area contributed by atoms with E-state index in [1.54, 1.807) is 0 Å². The van der Waals surface area contributed by atoms with Gasteiger partial charge >= 0.3 is 0 Å². The van der Waals surface area contributed by atoms with Crippen LogP contribution in [0.5, 0.6) is 0 Å². The topological polar surface area (TPSA) is 116 Å². The van der Waals surface area contributed by atoms with E-state index >= 15 is 0 Å². The molecule has 0 unspecified atom stereocenters. The summed E-state index contributed by atoms with van der Waals surface area (Å²) in [7, 11) is 0. The molecule has 8 nitrogen and oxygen atoms in total. The Morgan fingerprint density at radius 1 is 0.312 bits per heavy atom. The lowest BCUT2D eigenvalue weighted by Crippen LogP contribution is -2.29. The molecular weight excluding hydrogens is 408 g/mol. The maximum absolute atomic E-state index is 11.8. The highest BCUT2D eigenvalue weighted by Crippen LogP contribution is 2.06. The van der Waals surface area contributed by atoms with Gasteiger partial charge in [0.25, 0.3) is 0 Å². The van der Waals surface area contributed by atoms with Gasteiger partial charge in [0.15, 0.2) is 0 Å². The molecular formula is C24H44N4O4. The van der Waals surface area contributed by atoms with Gasteiger partial charge in [-0.2, -0.15) is 0 Å². The molecule has 4 amide bonds. The minimum atomic E-state index is -0.0553. The molecule has 1 aliphatic rings. The number of hydrogen-bond acceptors (Lipinski definition) is 4. The summed E-state index contributed by atoms with van der Waals surface area (Å²) in [6.07, 6.45) is 13.4. The van der Waals surface area contributed by atoms with Gasteiger partial charge in [-0.05, 0) is 25.7 Å². The van der Waals surface area contributed by atoms with E-state index in [4.69, 9.17) is 0 Å². The van der Waals surface area contributed by atoms with Gasteiger partial charge in [-0.25, -0.2) is 0 Å². The highest BCUT2D eigenvalue weighted by atomic mass is 16.2. The lowest BCUT2D eigenvalue weighted by molar-refractivity contribution is -0.126. The van der Waals surface area contributed by atoms with Crippen molar-refractivity contribution in [3.63, 3.8) is 0 Å². The summed E-state index contributed by atoms with van der Waals surface area (Å²) in [5, 5.41) is 11.5. The third-order valence-electron chi connectivity index (χ3n) is 5.65. The molecule has 1 fully saturated rings. The highest BCUT2D eigenvalue weighted by molar-refractivity contribution is 5.84. The number of amides is 4. The first-order valence-corrected chi connectivity index (χ1v) is 12.6. The highest BCUT2D eigenvalue weighted by Gasteiger charge is 2.07. The van der Waals surface area contributed by atoms with Gasteiger partial charge in [0, 0.05) is 51.9 Å². The molecule has 1 aliphatic heterocycles. The number of rotatable bonds is 0. The fourth-order valence-electron chi connectivity index (χ4n) is 3.63.